The summed E-state index contributed by atoms with van der Waals surface area (Å²) in [6, 6.07) is 5.47. The molecular formula is C15H18BrNO5S. The molecule has 6 nitrogen and oxygen atoms in total. The van der Waals surface area contributed by atoms with E-state index >= 15 is 0 Å². The molecule has 1 aromatic carbocycles. The van der Waals surface area contributed by atoms with E-state index in [-0.39, 0.29) is 23.8 Å². The molecule has 1 heterocycles. The molecule has 1 N–H and O–H groups in total. The van der Waals surface area contributed by atoms with E-state index in [0.29, 0.717) is 12.1 Å². The SMILES string of the molecule is Cc1ccc(NC(=O)COC(=O)C[C@H]2CCS(=O)(=O)C2)c(Br)c1. The van der Waals surface area contributed by atoms with Crippen molar-refractivity contribution in [3.63, 3.8) is 0 Å². The zero-order valence-corrected chi connectivity index (χ0v) is 15.1. The van der Waals surface area contributed by atoms with Crippen LogP contribution in [0.25, 0.3) is 0 Å². The number of benzene rings is 1. The molecule has 2 rings (SSSR count). The van der Waals surface area contributed by atoms with Crippen LogP contribution in [-0.4, -0.2) is 38.4 Å². The molecule has 23 heavy (non-hydrogen) atoms. The highest BCUT2D eigenvalue weighted by Crippen LogP contribution is 2.23. The van der Waals surface area contributed by atoms with Crippen LogP contribution in [-0.2, 0) is 24.2 Å². The van der Waals surface area contributed by atoms with Crippen LogP contribution in [0.5, 0.6) is 0 Å². The number of hydrogen-bond donors (Lipinski definition) is 1. The number of amides is 1. The molecule has 0 aromatic heterocycles. The number of esters is 1. The summed E-state index contributed by atoms with van der Waals surface area (Å²) in [5, 5.41) is 2.64. The van der Waals surface area contributed by atoms with Crippen molar-refractivity contribution in [2.24, 2.45) is 5.92 Å². The number of carbonyl (C=O) groups excluding carboxylic acids is 2. The number of anilines is 1. The Morgan fingerprint density at radius 2 is 2.13 bits per heavy atom. The molecule has 1 fully saturated rings. The molecule has 8 heteroatoms. The second-order valence-electron chi connectivity index (χ2n) is 5.67. The summed E-state index contributed by atoms with van der Waals surface area (Å²) in [7, 11) is -3.01. The van der Waals surface area contributed by atoms with Gasteiger partial charge in [-0.05, 0) is 52.9 Å². The maximum atomic E-state index is 11.8. The van der Waals surface area contributed by atoms with Gasteiger partial charge in [-0.15, -0.1) is 0 Å². The average Bonchev–Trinajstić information content (AvgIpc) is 2.79. The van der Waals surface area contributed by atoms with Gasteiger partial charge in [0.1, 0.15) is 0 Å². The summed E-state index contributed by atoms with van der Waals surface area (Å²) in [6.45, 7) is 1.54. The van der Waals surface area contributed by atoms with Crippen LogP contribution in [0, 0.1) is 12.8 Å². The number of sulfone groups is 1. The molecule has 1 atom stereocenters. The Bertz CT molecular complexity index is 717. The largest absolute Gasteiger partial charge is 0.456 e. The van der Waals surface area contributed by atoms with Crippen LogP contribution < -0.4 is 5.32 Å². The van der Waals surface area contributed by atoms with Gasteiger partial charge < -0.3 is 10.1 Å². The summed E-state index contributed by atoms with van der Waals surface area (Å²) in [6.07, 6.45) is 0.501. The van der Waals surface area contributed by atoms with Crippen molar-refractivity contribution in [2.45, 2.75) is 19.8 Å². The third-order valence-electron chi connectivity index (χ3n) is 3.55. The molecule has 126 valence electrons. The number of aryl methyl sites for hydroxylation is 1. The Hall–Kier alpha value is -1.41. The van der Waals surface area contributed by atoms with Crippen molar-refractivity contribution in [3.05, 3.63) is 28.2 Å². The summed E-state index contributed by atoms with van der Waals surface area (Å²) in [4.78, 5) is 23.5. The van der Waals surface area contributed by atoms with Crippen molar-refractivity contribution >= 4 is 43.3 Å². The standard InChI is InChI=1S/C15H18BrNO5S/c1-10-2-3-13(12(16)6-10)17-14(18)8-22-15(19)7-11-4-5-23(20,21)9-11/h2-3,6,11H,4-5,7-9H2,1H3,(H,17,18)/t11-/m1/s1. The predicted molar refractivity (Wildman–Crippen MR) is 89.8 cm³/mol. The lowest BCUT2D eigenvalue weighted by atomic mass is 10.1. The highest BCUT2D eigenvalue weighted by Gasteiger charge is 2.29. The van der Waals surface area contributed by atoms with E-state index in [1.54, 1.807) is 6.07 Å². The second-order valence-corrected chi connectivity index (χ2v) is 8.75. The van der Waals surface area contributed by atoms with E-state index in [0.717, 1.165) is 10.0 Å². The minimum Gasteiger partial charge on any atom is -0.456 e. The molecular weight excluding hydrogens is 386 g/mol. The van der Waals surface area contributed by atoms with E-state index in [1.165, 1.54) is 0 Å². The van der Waals surface area contributed by atoms with Crippen LogP contribution in [0.3, 0.4) is 0 Å². The summed E-state index contributed by atoms with van der Waals surface area (Å²) in [5.41, 5.74) is 1.64. The van der Waals surface area contributed by atoms with Crippen LogP contribution in [0.15, 0.2) is 22.7 Å². The highest BCUT2D eigenvalue weighted by atomic mass is 79.9. The molecule has 1 saturated heterocycles. The third kappa shape index (κ3) is 5.62. The molecule has 0 saturated carbocycles. The lowest BCUT2D eigenvalue weighted by molar-refractivity contribution is -0.148. The maximum absolute atomic E-state index is 11.8. The first-order chi connectivity index (χ1) is 10.7. The van der Waals surface area contributed by atoms with Gasteiger partial charge in [0, 0.05) is 10.9 Å². The second kappa shape index (κ2) is 7.44. The fourth-order valence-electron chi connectivity index (χ4n) is 2.38. The Morgan fingerprint density at radius 1 is 1.39 bits per heavy atom. The van der Waals surface area contributed by atoms with E-state index in [4.69, 9.17) is 4.74 Å². The van der Waals surface area contributed by atoms with Crippen molar-refractivity contribution in [2.75, 3.05) is 23.4 Å². The van der Waals surface area contributed by atoms with E-state index in [2.05, 4.69) is 21.2 Å². The molecule has 1 aliphatic heterocycles. The van der Waals surface area contributed by atoms with E-state index < -0.39 is 28.3 Å². The highest BCUT2D eigenvalue weighted by molar-refractivity contribution is 9.10. The zero-order chi connectivity index (χ0) is 17.0. The molecule has 1 amide bonds. The first kappa shape index (κ1) is 17.9. The molecule has 1 aromatic rings. The smallest absolute Gasteiger partial charge is 0.306 e. The fraction of sp³-hybridized carbons (Fsp3) is 0.467. The van der Waals surface area contributed by atoms with Crippen molar-refractivity contribution in [1.82, 2.24) is 0 Å². The fourth-order valence-corrected chi connectivity index (χ4v) is 4.84. The van der Waals surface area contributed by atoms with Gasteiger partial charge in [0.15, 0.2) is 16.4 Å². The van der Waals surface area contributed by atoms with Crippen LogP contribution >= 0.6 is 15.9 Å². The lowest BCUT2D eigenvalue weighted by Crippen LogP contribution is -2.22. The number of rotatable bonds is 5. The van der Waals surface area contributed by atoms with Crippen molar-refractivity contribution in [1.29, 1.82) is 0 Å². The van der Waals surface area contributed by atoms with E-state index in [9.17, 15) is 18.0 Å². The third-order valence-corrected chi connectivity index (χ3v) is 6.04. The first-order valence-electron chi connectivity index (χ1n) is 7.17. The monoisotopic (exact) mass is 403 g/mol. The van der Waals surface area contributed by atoms with Gasteiger partial charge in [-0.1, -0.05) is 6.07 Å². The zero-order valence-electron chi connectivity index (χ0n) is 12.7. The first-order valence-corrected chi connectivity index (χ1v) is 9.78. The average molecular weight is 404 g/mol. The number of carbonyl (C=O) groups is 2. The predicted octanol–water partition coefficient (Wildman–Crippen LogP) is 2.06. The topological polar surface area (TPSA) is 89.5 Å². The lowest BCUT2D eigenvalue weighted by Gasteiger charge is -2.10. The van der Waals surface area contributed by atoms with E-state index in [1.807, 2.05) is 19.1 Å². The van der Waals surface area contributed by atoms with Gasteiger partial charge in [-0.3, -0.25) is 9.59 Å². The number of hydrogen-bond acceptors (Lipinski definition) is 5. The normalized spacial score (nSPS) is 19.3. The quantitative estimate of drug-likeness (QED) is 0.759. The van der Waals surface area contributed by atoms with Crippen LogP contribution in [0.4, 0.5) is 5.69 Å². The molecule has 0 spiro atoms. The number of nitrogens with one attached hydrogen (secondary N) is 1. The summed E-state index contributed by atoms with van der Waals surface area (Å²) >= 11 is 3.35. The van der Waals surface area contributed by atoms with Gasteiger partial charge >= 0.3 is 5.97 Å². The summed E-state index contributed by atoms with van der Waals surface area (Å²) in [5.74, 6) is -1.06. The molecule has 0 unspecified atom stereocenters. The molecule has 0 radical (unpaired) electrons. The van der Waals surface area contributed by atoms with Gasteiger partial charge in [0.25, 0.3) is 5.91 Å². The molecule has 0 aliphatic carbocycles. The summed E-state index contributed by atoms with van der Waals surface area (Å²) < 4.78 is 28.3. The van der Waals surface area contributed by atoms with Gasteiger partial charge in [0.05, 0.1) is 17.2 Å². The minimum atomic E-state index is -3.01. The van der Waals surface area contributed by atoms with Crippen LogP contribution in [0.1, 0.15) is 18.4 Å². The Balaban J connectivity index is 1.77. The Labute approximate surface area is 143 Å². The molecule has 0 bridgehead atoms. The Morgan fingerprint density at radius 3 is 2.74 bits per heavy atom. The minimum absolute atomic E-state index is 0.0185. The van der Waals surface area contributed by atoms with Gasteiger partial charge in [-0.25, -0.2) is 8.42 Å². The Kier molecular flexibility index (Phi) is 5.80. The van der Waals surface area contributed by atoms with Crippen molar-refractivity contribution in [3.8, 4) is 0 Å². The van der Waals surface area contributed by atoms with Gasteiger partial charge in [-0.2, -0.15) is 0 Å². The molecule has 1 aliphatic rings. The van der Waals surface area contributed by atoms with Crippen LogP contribution in [0.2, 0.25) is 0 Å². The number of halogens is 1. The van der Waals surface area contributed by atoms with Gasteiger partial charge in [0.2, 0.25) is 0 Å². The number of ether oxygens (including phenoxy) is 1. The maximum Gasteiger partial charge on any atom is 0.306 e. The van der Waals surface area contributed by atoms with Crippen molar-refractivity contribution < 1.29 is 22.7 Å².